The van der Waals surface area contributed by atoms with Gasteiger partial charge in [0.25, 0.3) is 0 Å². The van der Waals surface area contributed by atoms with Crippen molar-refractivity contribution in [3.8, 4) is 0 Å². The van der Waals surface area contributed by atoms with Crippen molar-refractivity contribution in [1.29, 1.82) is 0 Å². The van der Waals surface area contributed by atoms with Crippen LogP contribution in [-0.4, -0.2) is 35.3 Å². The predicted molar refractivity (Wildman–Crippen MR) is 83.9 cm³/mol. The van der Waals surface area contributed by atoms with E-state index in [-0.39, 0.29) is 6.61 Å². The van der Waals surface area contributed by atoms with Crippen LogP contribution < -0.4 is 10.2 Å². The SMILES string of the molecule is CN(CCO)c1cc(NCc2ccc(Br)cc2)ncn1. The first-order valence-electron chi connectivity index (χ1n) is 6.31. The van der Waals surface area contributed by atoms with Crippen LogP contribution >= 0.6 is 15.9 Å². The lowest BCUT2D eigenvalue weighted by Crippen LogP contribution is -2.22. The first-order chi connectivity index (χ1) is 9.69. The first-order valence-corrected chi connectivity index (χ1v) is 7.10. The molecule has 0 unspecified atom stereocenters. The average Bonchev–Trinajstić information content (AvgIpc) is 2.47. The third-order valence-electron chi connectivity index (χ3n) is 2.87. The number of hydrogen-bond donors (Lipinski definition) is 2. The molecular weight excluding hydrogens is 320 g/mol. The lowest BCUT2D eigenvalue weighted by Gasteiger charge is -2.17. The quantitative estimate of drug-likeness (QED) is 0.847. The highest BCUT2D eigenvalue weighted by molar-refractivity contribution is 9.10. The Labute approximate surface area is 126 Å². The molecule has 1 aromatic heterocycles. The number of hydrogen-bond acceptors (Lipinski definition) is 5. The van der Waals surface area contributed by atoms with E-state index in [9.17, 15) is 0 Å². The Hall–Kier alpha value is -1.66. The second-order valence-electron chi connectivity index (χ2n) is 4.39. The van der Waals surface area contributed by atoms with E-state index in [1.807, 2.05) is 30.1 Å². The maximum Gasteiger partial charge on any atom is 0.133 e. The van der Waals surface area contributed by atoms with Crippen LogP contribution in [0.15, 0.2) is 41.1 Å². The number of aromatic nitrogens is 2. The van der Waals surface area contributed by atoms with Crippen molar-refractivity contribution in [1.82, 2.24) is 9.97 Å². The van der Waals surface area contributed by atoms with Gasteiger partial charge < -0.3 is 15.3 Å². The van der Waals surface area contributed by atoms with E-state index in [0.29, 0.717) is 13.1 Å². The van der Waals surface area contributed by atoms with Crippen LogP contribution in [0.25, 0.3) is 0 Å². The number of aliphatic hydroxyl groups is 1. The molecule has 1 aromatic carbocycles. The summed E-state index contributed by atoms with van der Waals surface area (Å²) in [5.41, 5.74) is 1.18. The number of aliphatic hydroxyl groups excluding tert-OH is 1. The number of anilines is 2. The molecule has 20 heavy (non-hydrogen) atoms. The summed E-state index contributed by atoms with van der Waals surface area (Å²) >= 11 is 3.41. The van der Waals surface area contributed by atoms with Gasteiger partial charge in [0.1, 0.15) is 18.0 Å². The van der Waals surface area contributed by atoms with E-state index < -0.39 is 0 Å². The third-order valence-corrected chi connectivity index (χ3v) is 3.39. The summed E-state index contributed by atoms with van der Waals surface area (Å²) in [6.45, 7) is 1.35. The Morgan fingerprint density at radius 2 is 2.00 bits per heavy atom. The molecule has 0 saturated heterocycles. The number of nitrogens with one attached hydrogen (secondary N) is 1. The predicted octanol–water partition coefficient (Wildman–Crippen LogP) is 2.28. The minimum Gasteiger partial charge on any atom is -0.395 e. The van der Waals surface area contributed by atoms with Gasteiger partial charge in [-0.2, -0.15) is 0 Å². The molecule has 106 valence electrons. The molecule has 6 heteroatoms. The van der Waals surface area contributed by atoms with Crippen molar-refractivity contribution in [2.45, 2.75) is 6.54 Å². The van der Waals surface area contributed by atoms with Crippen LogP contribution in [0.4, 0.5) is 11.6 Å². The van der Waals surface area contributed by atoms with Gasteiger partial charge in [-0.15, -0.1) is 0 Å². The van der Waals surface area contributed by atoms with Crippen molar-refractivity contribution in [3.63, 3.8) is 0 Å². The average molecular weight is 337 g/mol. The lowest BCUT2D eigenvalue weighted by molar-refractivity contribution is 0.304. The Morgan fingerprint density at radius 3 is 2.70 bits per heavy atom. The molecule has 2 rings (SSSR count). The van der Waals surface area contributed by atoms with Crippen molar-refractivity contribution in [2.24, 2.45) is 0 Å². The number of rotatable bonds is 6. The van der Waals surface area contributed by atoms with Crippen LogP contribution in [0.1, 0.15) is 5.56 Å². The Bertz CT molecular complexity index is 547. The summed E-state index contributed by atoms with van der Waals surface area (Å²) in [7, 11) is 1.89. The minimum atomic E-state index is 0.0994. The van der Waals surface area contributed by atoms with Gasteiger partial charge in [-0.25, -0.2) is 9.97 Å². The van der Waals surface area contributed by atoms with Crippen LogP contribution in [0.3, 0.4) is 0 Å². The Morgan fingerprint density at radius 1 is 1.25 bits per heavy atom. The standard InChI is InChI=1S/C14H17BrN4O/c1-19(6-7-20)14-8-13(17-10-18-14)16-9-11-2-4-12(15)5-3-11/h2-5,8,10,20H,6-7,9H2,1H3,(H,16,17,18). The zero-order valence-corrected chi connectivity index (χ0v) is 12.8. The molecule has 0 aliphatic heterocycles. The van der Waals surface area contributed by atoms with Gasteiger partial charge in [-0.05, 0) is 17.7 Å². The summed E-state index contributed by atoms with van der Waals surface area (Å²) in [6.07, 6.45) is 1.52. The highest BCUT2D eigenvalue weighted by Gasteiger charge is 2.03. The molecule has 2 aromatic rings. The summed E-state index contributed by atoms with van der Waals surface area (Å²) in [5.74, 6) is 1.55. The van der Waals surface area contributed by atoms with Crippen molar-refractivity contribution >= 4 is 27.6 Å². The van der Waals surface area contributed by atoms with Crippen LogP contribution in [-0.2, 0) is 6.54 Å². The number of likely N-dealkylation sites (N-methyl/N-ethyl adjacent to an activating group) is 1. The second kappa shape index (κ2) is 7.21. The normalized spacial score (nSPS) is 10.3. The molecule has 0 fully saturated rings. The molecule has 2 N–H and O–H groups in total. The fraction of sp³-hybridized carbons (Fsp3) is 0.286. The fourth-order valence-electron chi connectivity index (χ4n) is 1.71. The molecule has 0 bridgehead atoms. The van der Waals surface area contributed by atoms with Gasteiger partial charge in [-0.1, -0.05) is 28.1 Å². The molecule has 0 spiro atoms. The highest BCUT2D eigenvalue weighted by atomic mass is 79.9. The number of nitrogens with zero attached hydrogens (tertiary/aromatic N) is 3. The minimum absolute atomic E-state index is 0.0994. The van der Waals surface area contributed by atoms with Crippen LogP contribution in [0, 0.1) is 0 Å². The van der Waals surface area contributed by atoms with Gasteiger partial charge in [0.2, 0.25) is 0 Å². The molecule has 0 amide bonds. The summed E-state index contributed by atoms with van der Waals surface area (Å²) < 4.78 is 1.07. The van der Waals surface area contributed by atoms with Crippen LogP contribution in [0.5, 0.6) is 0 Å². The van der Waals surface area contributed by atoms with E-state index in [4.69, 9.17) is 5.11 Å². The van der Waals surface area contributed by atoms with Crippen molar-refractivity contribution < 1.29 is 5.11 Å². The summed E-state index contributed by atoms with van der Waals surface area (Å²) in [4.78, 5) is 10.3. The highest BCUT2D eigenvalue weighted by Crippen LogP contribution is 2.14. The monoisotopic (exact) mass is 336 g/mol. The van der Waals surface area contributed by atoms with Gasteiger partial charge in [0, 0.05) is 30.7 Å². The topological polar surface area (TPSA) is 61.3 Å². The van der Waals surface area contributed by atoms with E-state index in [1.54, 1.807) is 0 Å². The second-order valence-corrected chi connectivity index (χ2v) is 5.30. The largest absolute Gasteiger partial charge is 0.395 e. The number of halogens is 1. The summed E-state index contributed by atoms with van der Waals surface area (Å²) in [6, 6.07) is 10.00. The molecule has 1 heterocycles. The Balaban J connectivity index is 1.99. The van der Waals surface area contributed by atoms with Crippen molar-refractivity contribution in [3.05, 3.63) is 46.7 Å². The van der Waals surface area contributed by atoms with E-state index in [0.717, 1.165) is 16.1 Å². The molecular formula is C14H17BrN4O. The molecule has 0 radical (unpaired) electrons. The smallest absolute Gasteiger partial charge is 0.133 e. The van der Waals surface area contributed by atoms with Gasteiger partial charge >= 0.3 is 0 Å². The molecule has 0 atom stereocenters. The molecule has 0 aliphatic rings. The van der Waals surface area contributed by atoms with Crippen molar-refractivity contribution in [2.75, 3.05) is 30.4 Å². The van der Waals surface area contributed by atoms with Crippen LogP contribution in [0.2, 0.25) is 0 Å². The van der Waals surface area contributed by atoms with Gasteiger partial charge in [-0.3, -0.25) is 0 Å². The first kappa shape index (κ1) is 14.7. The fourth-order valence-corrected chi connectivity index (χ4v) is 1.98. The lowest BCUT2D eigenvalue weighted by atomic mass is 10.2. The third kappa shape index (κ3) is 4.18. The summed E-state index contributed by atoms with van der Waals surface area (Å²) in [5, 5.41) is 12.2. The molecule has 0 aliphatic carbocycles. The van der Waals surface area contributed by atoms with Gasteiger partial charge in [0.05, 0.1) is 6.61 Å². The zero-order chi connectivity index (χ0) is 14.4. The van der Waals surface area contributed by atoms with E-state index in [2.05, 4.69) is 43.3 Å². The molecule has 5 nitrogen and oxygen atoms in total. The van der Waals surface area contributed by atoms with E-state index >= 15 is 0 Å². The number of benzene rings is 1. The Kier molecular flexibility index (Phi) is 5.31. The van der Waals surface area contributed by atoms with Gasteiger partial charge in [0.15, 0.2) is 0 Å². The maximum atomic E-state index is 8.94. The zero-order valence-electron chi connectivity index (χ0n) is 11.3. The molecule has 0 saturated carbocycles. The maximum absolute atomic E-state index is 8.94. The van der Waals surface area contributed by atoms with E-state index in [1.165, 1.54) is 11.9 Å².